The third-order valence-corrected chi connectivity index (χ3v) is 2.23. The van der Waals surface area contributed by atoms with Crippen molar-refractivity contribution in [2.24, 2.45) is 0 Å². The highest BCUT2D eigenvalue weighted by atomic mass is 16.6. The standard InChI is InChI=1S/C11H15NO5/c1-15-9-4-7(5-11(13)14)8(12-17-3)6-10(9)16-2/h4,6,12H,5H2,1-3H3,(H,13,14)/p+1. The summed E-state index contributed by atoms with van der Waals surface area (Å²) < 4.78 is 10.3. The monoisotopic (exact) mass is 242 g/mol. The predicted molar refractivity (Wildman–Crippen MR) is 59.5 cm³/mol. The van der Waals surface area contributed by atoms with E-state index >= 15 is 0 Å². The predicted octanol–water partition coefficient (Wildman–Crippen LogP) is 0.0872. The van der Waals surface area contributed by atoms with Crippen LogP contribution in [-0.2, 0) is 16.1 Å². The molecule has 1 aromatic carbocycles. The Bertz CT molecular complexity index is 405. The number of benzene rings is 1. The Hall–Kier alpha value is -1.79. The van der Waals surface area contributed by atoms with Crippen molar-refractivity contribution in [3.05, 3.63) is 17.7 Å². The van der Waals surface area contributed by atoms with E-state index in [1.165, 1.54) is 26.8 Å². The first-order chi connectivity index (χ1) is 8.12. The minimum Gasteiger partial charge on any atom is -0.493 e. The molecule has 6 nitrogen and oxygen atoms in total. The fraction of sp³-hybridized carbons (Fsp3) is 0.364. The molecule has 0 heterocycles. The molecule has 94 valence electrons. The number of hydrogen-bond acceptors (Lipinski definition) is 4. The molecular weight excluding hydrogens is 226 g/mol. The van der Waals surface area contributed by atoms with Gasteiger partial charge in [-0.3, -0.25) is 4.79 Å². The van der Waals surface area contributed by atoms with Gasteiger partial charge in [-0.25, -0.2) is 4.84 Å². The minimum absolute atomic E-state index is 0.102. The van der Waals surface area contributed by atoms with Gasteiger partial charge in [-0.2, -0.15) is 5.48 Å². The number of methoxy groups -OCH3 is 2. The highest BCUT2D eigenvalue weighted by molar-refractivity contribution is 5.73. The van der Waals surface area contributed by atoms with E-state index in [1.54, 1.807) is 12.1 Å². The quantitative estimate of drug-likeness (QED) is 0.545. The minimum atomic E-state index is -0.914. The summed E-state index contributed by atoms with van der Waals surface area (Å²) in [6.45, 7) is 0. The van der Waals surface area contributed by atoms with Crippen LogP contribution in [0.5, 0.6) is 11.5 Å². The SMILES string of the molecule is CO[NH2+]c1cc(OC)c(OC)cc1CC(=O)O. The summed E-state index contributed by atoms with van der Waals surface area (Å²) in [5.41, 5.74) is 2.74. The number of carboxylic acids is 1. The zero-order valence-electron chi connectivity index (χ0n) is 10.0. The second-order valence-electron chi connectivity index (χ2n) is 3.33. The molecule has 0 aromatic heterocycles. The first-order valence-corrected chi connectivity index (χ1v) is 4.95. The molecule has 0 amide bonds. The first kappa shape index (κ1) is 13.3. The van der Waals surface area contributed by atoms with Crippen molar-refractivity contribution in [3.63, 3.8) is 0 Å². The summed E-state index contributed by atoms with van der Waals surface area (Å²) >= 11 is 0. The molecule has 0 saturated heterocycles. The van der Waals surface area contributed by atoms with Crippen LogP contribution in [0, 0.1) is 0 Å². The Morgan fingerprint density at radius 2 is 1.82 bits per heavy atom. The number of quaternary nitrogens is 1. The fourth-order valence-electron chi connectivity index (χ4n) is 1.49. The number of aliphatic carboxylic acids is 1. The van der Waals surface area contributed by atoms with Gasteiger partial charge < -0.3 is 14.6 Å². The lowest BCUT2D eigenvalue weighted by Gasteiger charge is -2.11. The molecule has 0 unspecified atom stereocenters. The van der Waals surface area contributed by atoms with Gasteiger partial charge in [-0.15, -0.1) is 0 Å². The number of rotatable bonds is 6. The Labute approximate surface area is 99.1 Å². The maximum absolute atomic E-state index is 10.8. The molecule has 1 rings (SSSR count). The van der Waals surface area contributed by atoms with Crippen LogP contribution >= 0.6 is 0 Å². The van der Waals surface area contributed by atoms with Crippen molar-refractivity contribution >= 4 is 11.7 Å². The van der Waals surface area contributed by atoms with Gasteiger partial charge in [0, 0.05) is 11.6 Å². The van der Waals surface area contributed by atoms with Crippen LogP contribution in [0.4, 0.5) is 5.69 Å². The van der Waals surface area contributed by atoms with Crippen LogP contribution in [-0.4, -0.2) is 32.4 Å². The molecule has 0 aliphatic carbocycles. The molecule has 0 fully saturated rings. The summed E-state index contributed by atoms with van der Waals surface area (Å²) in [5, 5.41) is 8.82. The summed E-state index contributed by atoms with van der Waals surface area (Å²) in [5.74, 6) is 0.116. The molecule has 0 bridgehead atoms. The molecule has 3 N–H and O–H groups in total. The van der Waals surface area contributed by atoms with Gasteiger partial charge in [0.2, 0.25) is 0 Å². The zero-order valence-corrected chi connectivity index (χ0v) is 10.0. The highest BCUT2D eigenvalue weighted by Crippen LogP contribution is 2.31. The lowest BCUT2D eigenvalue weighted by Crippen LogP contribution is -2.76. The number of nitrogens with two attached hydrogens (primary N) is 1. The first-order valence-electron chi connectivity index (χ1n) is 4.95. The second kappa shape index (κ2) is 6.07. The van der Waals surface area contributed by atoms with Gasteiger partial charge >= 0.3 is 5.97 Å². The van der Waals surface area contributed by atoms with Gasteiger partial charge in [-0.1, -0.05) is 0 Å². The average Bonchev–Trinajstić information content (AvgIpc) is 2.30. The van der Waals surface area contributed by atoms with Crippen molar-refractivity contribution in [2.45, 2.75) is 6.42 Å². The van der Waals surface area contributed by atoms with Crippen LogP contribution in [0.3, 0.4) is 0 Å². The molecule has 0 atom stereocenters. The normalized spacial score (nSPS) is 10.1. The number of ether oxygens (including phenoxy) is 2. The molecule has 1 aromatic rings. The topological polar surface area (TPSA) is 81.6 Å². The van der Waals surface area contributed by atoms with Crippen LogP contribution in [0.25, 0.3) is 0 Å². The summed E-state index contributed by atoms with van der Waals surface area (Å²) in [6, 6.07) is 3.32. The summed E-state index contributed by atoms with van der Waals surface area (Å²) in [6.07, 6.45) is -0.102. The fourth-order valence-corrected chi connectivity index (χ4v) is 1.49. The van der Waals surface area contributed by atoms with Crippen LogP contribution in [0.15, 0.2) is 12.1 Å². The number of carbonyl (C=O) groups is 1. The smallest absolute Gasteiger partial charge is 0.308 e. The third-order valence-electron chi connectivity index (χ3n) is 2.23. The van der Waals surface area contributed by atoms with Gasteiger partial charge in [0.25, 0.3) is 0 Å². The Balaban J connectivity index is 3.19. The molecule has 0 aliphatic rings. The second-order valence-corrected chi connectivity index (χ2v) is 3.33. The highest BCUT2D eigenvalue weighted by Gasteiger charge is 2.16. The van der Waals surface area contributed by atoms with E-state index in [9.17, 15) is 4.79 Å². The molecule has 6 heteroatoms. The number of carboxylic acid groups (broad SMARTS) is 1. The van der Waals surface area contributed by atoms with Gasteiger partial charge in [0.05, 0.1) is 27.8 Å². The van der Waals surface area contributed by atoms with E-state index in [0.717, 1.165) is 0 Å². The summed E-state index contributed by atoms with van der Waals surface area (Å²) in [4.78, 5) is 15.7. The maximum atomic E-state index is 10.8. The third kappa shape index (κ3) is 3.33. The molecule has 0 spiro atoms. The molecular formula is C11H16NO5+. The maximum Gasteiger partial charge on any atom is 0.308 e. The van der Waals surface area contributed by atoms with E-state index in [1.807, 2.05) is 0 Å². The Morgan fingerprint density at radius 3 is 2.29 bits per heavy atom. The van der Waals surface area contributed by atoms with Crippen molar-refractivity contribution in [1.29, 1.82) is 0 Å². The molecule has 0 radical (unpaired) electrons. The zero-order chi connectivity index (χ0) is 12.8. The van der Waals surface area contributed by atoms with Gasteiger partial charge in [0.15, 0.2) is 17.2 Å². The lowest BCUT2D eigenvalue weighted by atomic mass is 10.1. The van der Waals surface area contributed by atoms with Crippen LogP contribution in [0.1, 0.15) is 5.56 Å². The lowest BCUT2D eigenvalue weighted by molar-refractivity contribution is -0.830. The summed E-state index contributed by atoms with van der Waals surface area (Å²) in [7, 11) is 4.52. The Morgan fingerprint density at radius 1 is 1.24 bits per heavy atom. The van der Waals surface area contributed by atoms with E-state index < -0.39 is 5.97 Å². The van der Waals surface area contributed by atoms with E-state index in [0.29, 0.717) is 22.7 Å². The van der Waals surface area contributed by atoms with Gasteiger partial charge in [0.1, 0.15) is 0 Å². The van der Waals surface area contributed by atoms with Gasteiger partial charge in [-0.05, 0) is 6.07 Å². The van der Waals surface area contributed by atoms with Crippen LogP contribution in [0.2, 0.25) is 0 Å². The van der Waals surface area contributed by atoms with Crippen molar-refractivity contribution < 1.29 is 29.7 Å². The van der Waals surface area contributed by atoms with Crippen LogP contribution < -0.4 is 15.0 Å². The Kier molecular flexibility index (Phi) is 4.74. The number of hydrogen-bond donors (Lipinski definition) is 2. The van der Waals surface area contributed by atoms with E-state index in [2.05, 4.69) is 0 Å². The van der Waals surface area contributed by atoms with Crippen molar-refractivity contribution in [2.75, 3.05) is 21.3 Å². The van der Waals surface area contributed by atoms with Crippen molar-refractivity contribution in [1.82, 2.24) is 0 Å². The van der Waals surface area contributed by atoms with E-state index in [4.69, 9.17) is 19.4 Å². The molecule has 0 saturated carbocycles. The molecule has 0 aliphatic heterocycles. The average molecular weight is 242 g/mol. The van der Waals surface area contributed by atoms with E-state index in [-0.39, 0.29) is 6.42 Å². The largest absolute Gasteiger partial charge is 0.493 e. The molecule has 17 heavy (non-hydrogen) atoms. The van der Waals surface area contributed by atoms with Crippen molar-refractivity contribution in [3.8, 4) is 11.5 Å².